The van der Waals surface area contributed by atoms with Crippen molar-refractivity contribution in [3.05, 3.63) is 52.5 Å². The topological polar surface area (TPSA) is 57.4 Å². The van der Waals surface area contributed by atoms with Crippen LogP contribution in [0.25, 0.3) is 11.5 Å². The molecule has 0 N–H and O–H groups in total. The minimum Gasteiger partial charge on any atom is -0.497 e. The van der Waals surface area contributed by atoms with E-state index < -0.39 is 0 Å². The van der Waals surface area contributed by atoms with Crippen LogP contribution in [0.3, 0.4) is 0 Å². The fraction of sp³-hybridized carbons (Fsp3) is 0.176. The van der Waals surface area contributed by atoms with Gasteiger partial charge in [-0.05, 0) is 46.3 Å². The third-order valence-corrected chi connectivity index (χ3v) is 4.91. The Labute approximate surface area is 152 Å². The number of halogens is 1. The third kappa shape index (κ3) is 3.73. The van der Waals surface area contributed by atoms with Crippen molar-refractivity contribution in [3.8, 4) is 23.0 Å². The molecule has 5 nitrogen and oxygen atoms in total. The van der Waals surface area contributed by atoms with Gasteiger partial charge in [-0.15, -0.1) is 10.2 Å². The monoisotopic (exact) mass is 406 g/mol. The molecule has 124 valence electrons. The molecular formula is C17H15BrN2O3S. The van der Waals surface area contributed by atoms with Gasteiger partial charge in [0.1, 0.15) is 11.5 Å². The molecule has 3 rings (SSSR count). The summed E-state index contributed by atoms with van der Waals surface area (Å²) >= 11 is 4.94. The van der Waals surface area contributed by atoms with Gasteiger partial charge in [0.2, 0.25) is 5.89 Å². The molecule has 0 atom stereocenters. The van der Waals surface area contributed by atoms with Gasteiger partial charge in [0, 0.05) is 15.8 Å². The summed E-state index contributed by atoms with van der Waals surface area (Å²) in [5, 5.41) is 8.72. The molecule has 0 bridgehead atoms. The molecule has 1 aromatic heterocycles. The quantitative estimate of drug-likeness (QED) is 0.547. The predicted molar refractivity (Wildman–Crippen MR) is 96.5 cm³/mol. The second kappa shape index (κ2) is 7.72. The van der Waals surface area contributed by atoms with Crippen LogP contribution >= 0.6 is 27.7 Å². The van der Waals surface area contributed by atoms with Crippen LogP contribution in [0.4, 0.5) is 0 Å². The molecule has 24 heavy (non-hydrogen) atoms. The van der Waals surface area contributed by atoms with Crippen molar-refractivity contribution >= 4 is 27.7 Å². The SMILES string of the molecule is COc1ccc(OC)c(CSc2nnc(-c3ccccc3Br)o2)c1. The van der Waals surface area contributed by atoms with E-state index in [-0.39, 0.29) is 0 Å². The van der Waals surface area contributed by atoms with Crippen LogP contribution in [0.5, 0.6) is 11.5 Å². The average Bonchev–Trinajstić information content (AvgIpc) is 3.08. The molecule has 0 fully saturated rings. The summed E-state index contributed by atoms with van der Waals surface area (Å²) in [5.41, 5.74) is 1.87. The fourth-order valence-corrected chi connectivity index (χ4v) is 3.34. The van der Waals surface area contributed by atoms with Gasteiger partial charge in [-0.2, -0.15) is 0 Å². The molecule has 0 aliphatic rings. The highest BCUT2D eigenvalue weighted by molar-refractivity contribution is 9.10. The largest absolute Gasteiger partial charge is 0.497 e. The zero-order valence-electron chi connectivity index (χ0n) is 13.2. The van der Waals surface area contributed by atoms with E-state index >= 15 is 0 Å². The van der Waals surface area contributed by atoms with E-state index in [9.17, 15) is 0 Å². The lowest BCUT2D eigenvalue weighted by Gasteiger charge is -2.09. The first-order valence-electron chi connectivity index (χ1n) is 7.13. The van der Waals surface area contributed by atoms with Crippen LogP contribution < -0.4 is 9.47 Å². The average molecular weight is 407 g/mol. The molecule has 0 unspecified atom stereocenters. The van der Waals surface area contributed by atoms with Crippen molar-refractivity contribution in [2.75, 3.05) is 14.2 Å². The van der Waals surface area contributed by atoms with E-state index in [1.165, 1.54) is 11.8 Å². The van der Waals surface area contributed by atoms with Crippen molar-refractivity contribution in [3.63, 3.8) is 0 Å². The van der Waals surface area contributed by atoms with Crippen molar-refractivity contribution in [1.29, 1.82) is 0 Å². The van der Waals surface area contributed by atoms with Crippen molar-refractivity contribution in [2.24, 2.45) is 0 Å². The van der Waals surface area contributed by atoms with E-state index in [2.05, 4.69) is 26.1 Å². The molecule has 0 amide bonds. The lowest BCUT2D eigenvalue weighted by atomic mass is 10.2. The Morgan fingerprint density at radius 3 is 2.67 bits per heavy atom. The number of ether oxygens (including phenoxy) is 2. The number of benzene rings is 2. The van der Waals surface area contributed by atoms with Gasteiger partial charge in [-0.1, -0.05) is 23.9 Å². The summed E-state index contributed by atoms with van der Waals surface area (Å²) in [5.74, 6) is 2.71. The Balaban J connectivity index is 1.75. The van der Waals surface area contributed by atoms with E-state index in [1.807, 2.05) is 42.5 Å². The lowest BCUT2D eigenvalue weighted by Crippen LogP contribution is -1.92. The summed E-state index contributed by atoms with van der Waals surface area (Å²) in [6, 6.07) is 13.4. The first-order chi connectivity index (χ1) is 11.7. The van der Waals surface area contributed by atoms with E-state index in [4.69, 9.17) is 13.9 Å². The first kappa shape index (κ1) is 16.9. The zero-order chi connectivity index (χ0) is 16.9. The predicted octanol–water partition coefficient (Wildman–Crippen LogP) is 4.81. The number of hydrogen-bond acceptors (Lipinski definition) is 6. The molecule has 2 aromatic carbocycles. The van der Waals surface area contributed by atoms with E-state index in [0.717, 1.165) is 27.1 Å². The zero-order valence-corrected chi connectivity index (χ0v) is 15.6. The van der Waals surface area contributed by atoms with Gasteiger partial charge < -0.3 is 13.9 Å². The maximum atomic E-state index is 5.74. The maximum absolute atomic E-state index is 5.74. The molecule has 0 aliphatic heterocycles. The minimum absolute atomic E-state index is 0.489. The summed E-state index contributed by atoms with van der Waals surface area (Å²) in [6.07, 6.45) is 0. The van der Waals surface area contributed by atoms with Crippen molar-refractivity contribution in [2.45, 2.75) is 11.0 Å². The maximum Gasteiger partial charge on any atom is 0.277 e. The van der Waals surface area contributed by atoms with Gasteiger partial charge in [0.25, 0.3) is 5.22 Å². The summed E-state index contributed by atoms with van der Waals surface area (Å²) in [4.78, 5) is 0. The Bertz CT molecular complexity index is 838. The number of hydrogen-bond donors (Lipinski definition) is 0. The van der Waals surface area contributed by atoms with Crippen molar-refractivity contribution in [1.82, 2.24) is 10.2 Å². The Kier molecular flexibility index (Phi) is 5.42. The second-order valence-electron chi connectivity index (χ2n) is 4.82. The normalized spacial score (nSPS) is 10.6. The second-order valence-corrected chi connectivity index (χ2v) is 6.60. The summed E-state index contributed by atoms with van der Waals surface area (Å²) in [7, 11) is 3.29. The Hall–Kier alpha value is -1.99. The van der Waals surface area contributed by atoms with Gasteiger partial charge >= 0.3 is 0 Å². The van der Waals surface area contributed by atoms with E-state index in [1.54, 1.807) is 14.2 Å². The van der Waals surface area contributed by atoms with Gasteiger partial charge in [0.05, 0.1) is 19.8 Å². The molecule has 0 aliphatic carbocycles. The van der Waals surface area contributed by atoms with Crippen LogP contribution in [0.1, 0.15) is 5.56 Å². The highest BCUT2D eigenvalue weighted by atomic mass is 79.9. The number of rotatable bonds is 6. The van der Waals surface area contributed by atoms with E-state index in [0.29, 0.717) is 16.9 Å². The van der Waals surface area contributed by atoms with Crippen LogP contribution in [0.15, 0.2) is 56.6 Å². The van der Waals surface area contributed by atoms with Gasteiger partial charge in [-0.25, -0.2) is 0 Å². The standard InChI is InChI=1S/C17H15BrN2O3S/c1-21-12-7-8-15(22-2)11(9-12)10-24-17-20-19-16(23-17)13-5-3-4-6-14(13)18/h3-9H,10H2,1-2H3. The van der Waals surface area contributed by atoms with Crippen LogP contribution in [-0.4, -0.2) is 24.4 Å². The lowest BCUT2D eigenvalue weighted by molar-refractivity contribution is 0.400. The molecule has 0 spiro atoms. The number of aromatic nitrogens is 2. The summed E-state index contributed by atoms with van der Waals surface area (Å²) in [6.45, 7) is 0. The molecule has 0 saturated carbocycles. The molecule has 1 heterocycles. The Morgan fingerprint density at radius 2 is 1.92 bits per heavy atom. The molecular weight excluding hydrogens is 392 g/mol. The number of thioether (sulfide) groups is 1. The molecule has 3 aromatic rings. The molecule has 0 saturated heterocycles. The first-order valence-corrected chi connectivity index (χ1v) is 8.91. The van der Waals surface area contributed by atoms with Gasteiger partial charge in [-0.3, -0.25) is 0 Å². The smallest absolute Gasteiger partial charge is 0.277 e. The molecule has 0 radical (unpaired) electrons. The number of nitrogens with zero attached hydrogens (tertiary/aromatic N) is 2. The highest BCUT2D eigenvalue weighted by Crippen LogP contribution is 2.32. The Morgan fingerprint density at radius 1 is 1.08 bits per heavy atom. The molecule has 7 heteroatoms. The van der Waals surface area contributed by atoms with Crippen LogP contribution in [-0.2, 0) is 5.75 Å². The van der Waals surface area contributed by atoms with Crippen molar-refractivity contribution < 1.29 is 13.9 Å². The van der Waals surface area contributed by atoms with Crippen LogP contribution in [0.2, 0.25) is 0 Å². The number of methoxy groups -OCH3 is 2. The summed E-state index contributed by atoms with van der Waals surface area (Å²) < 4.78 is 17.3. The van der Waals surface area contributed by atoms with Gasteiger partial charge in [0.15, 0.2) is 0 Å². The fourth-order valence-electron chi connectivity index (χ4n) is 2.15. The minimum atomic E-state index is 0.489. The third-order valence-electron chi connectivity index (χ3n) is 3.35. The highest BCUT2D eigenvalue weighted by Gasteiger charge is 2.13. The van der Waals surface area contributed by atoms with Crippen LogP contribution in [0, 0.1) is 0 Å².